The number of aliphatic hydroxyl groups excluding tert-OH is 1. The van der Waals surface area contributed by atoms with Crippen molar-refractivity contribution < 1.29 is 9.90 Å². The zero-order valence-corrected chi connectivity index (χ0v) is 10.2. The zero-order valence-electron chi connectivity index (χ0n) is 10.2. The summed E-state index contributed by atoms with van der Waals surface area (Å²) in [5.74, 6) is 5.26. The predicted molar refractivity (Wildman–Crippen MR) is 67.8 cm³/mol. The van der Waals surface area contributed by atoms with Crippen molar-refractivity contribution in [3.05, 3.63) is 24.0 Å². The van der Waals surface area contributed by atoms with E-state index in [0.29, 0.717) is 17.8 Å². The van der Waals surface area contributed by atoms with E-state index in [9.17, 15) is 4.79 Å². The maximum absolute atomic E-state index is 12.4. The second kappa shape index (κ2) is 5.79. The predicted octanol–water partition coefficient (Wildman–Crippen LogP) is 0.354. The lowest BCUT2D eigenvalue weighted by Gasteiger charge is -2.37. The van der Waals surface area contributed by atoms with Crippen LogP contribution in [0.1, 0.15) is 29.6 Å². The van der Waals surface area contributed by atoms with E-state index in [0.717, 1.165) is 19.3 Å². The molecule has 0 atom stereocenters. The fourth-order valence-electron chi connectivity index (χ4n) is 2.10. The van der Waals surface area contributed by atoms with Gasteiger partial charge in [0.1, 0.15) is 0 Å². The minimum absolute atomic E-state index is 0.0338. The Morgan fingerprint density at radius 2 is 2.39 bits per heavy atom. The molecule has 0 aromatic carbocycles. The van der Waals surface area contributed by atoms with Gasteiger partial charge < -0.3 is 15.4 Å². The summed E-state index contributed by atoms with van der Waals surface area (Å²) in [6.07, 6.45) is 6.20. The Hall–Kier alpha value is -1.66. The molecule has 6 heteroatoms. The number of hydrazine groups is 1. The number of hydrogen-bond acceptors (Lipinski definition) is 5. The smallest absolute Gasteiger partial charge is 0.257 e. The third-order valence-electron chi connectivity index (χ3n) is 3.32. The number of anilines is 1. The molecule has 1 saturated carbocycles. The molecular formula is C12H18N4O2. The van der Waals surface area contributed by atoms with Crippen LogP contribution < -0.4 is 11.3 Å². The van der Waals surface area contributed by atoms with E-state index >= 15 is 0 Å². The monoisotopic (exact) mass is 250 g/mol. The van der Waals surface area contributed by atoms with Gasteiger partial charge in [0.15, 0.2) is 0 Å². The standard InChI is InChI=1S/C12H18N4O2/c13-15-11-4-5-14-8-10(11)12(18)16(6-7-17)9-2-1-3-9/h4-5,8-9,17H,1-3,6-7,13H2,(H,14,15). The summed E-state index contributed by atoms with van der Waals surface area (Å²) in [6, 6.07) is 1.89. The summed E-state index contributed by atoms with van der Waals surface area (Å²) in [6.45, 7) is 0.316. The molecule has 1 aromatic heterocycles. The molecule has 4 N–H and O–H groups in total. The molecule has 0 radical (unpaired) electrons. The van der Waals surface area contributed by atoms with E-state index in [4.69, 9.17) is 10.9 Å². The van der Waals surface area contributed by atoms with Crippen LogP contribution in [-0.2, 0) is 0 Å². The van der Waals surface area contributed by atoms with Crippen molar-refractivity contribution in [1.29, 1.82) is 0 Å². The summed E-state index contributed by atoms with van der Waals surface area (Å²) in [5.41, 5.74) is 3.50. The van der Waals surface area contributed by atoms with E-state index < -0.39 is 0 Å². The van der Waals surface area contributed by atoms with Gasteiger partial charge in [-0.25, -0.2) is 0 Å². The number of carbonyl (C=O) groups excluding carboxylic acids is 1. The lowest BCUT2D eigenvalue weighted by Crippen LogP contribution is -2.45. The molecule has 0 bridgehead atoms. The number of aliphatic hydroxyl groups is 1. The van der Waals surface area contributed by atoms with Crippen LogP contribution in [0.15, 0.2) is 18.5 Å². The first-order valence-corrected chi connectivity index (χ1v) is 6.10. The van der Waals surface area contributed by atoms with Gasteiger partial charge in [-0.2, -0.15) is 0 Å². The number of nitrogens with zero attached hydrogens (tertiary/aromatic N) is 2. The molecule has 1 aromatic rings. The first kappa shape index (κ1) is 12.8. The Kier molecular flexibility index (Phi) is 4.11. The fraction of sp³-hybridized carbons (Fsp3) is 0.500. The lowest BCUT2D eigenvalue weighted by atomic mass is 9.91. The molecule has 0 saturated heterocycles. The third kappa shape index (κ3) is 2.44. The van der Waals surface area contributed by atoms with Crippen LogP contribution in [0.25, 0.3) is 0 Å². The van der Waals surface area contributed by atoms with Gasteiger partial charge >= 0.3 is 0 Å². The normalized spacial score (nSPS) is 15.0. The van der Waals surface area contributed by atoms with Gasteiger partial charge in [0.05, 0.1) is 17.9 Å². The fourth-order valence-corrected chi connectivity index (χ4v) is 2.10. The Morgan fingerprint density at radius 3 is 2.94 bits per heavy atom. The van der Waals surface area contributed by atoms with Crippen LogP contribution in [-0.4, -0.2) is 40.1 Å². The van der Waals surface area contributed by atoms with Gasteiger partial charge in [0.25, 0.3) is 5.91 Å². The molecule has 0 spiro atoms. The number of nitrogen functional groups attached to an aromatic ring is 1. The Balaban J connectivity index is 2.21. The summed E-state index contributed by atoms with van der Waals surface area (Å²) in [7, 11) is 0. The molecule has 18 heavy (non-hydrogen) atoms. The summed E-state index contributed by atoms with van der Waals surface area (Å²) >= 11 is 0. The van der Waals surface area contributed by atoms with E-state index in [2.05, 4.69) is 10.4 Å². The number of nitrogens with one attached hydrogen (secondary N) is 1. The second-order valence-electron chi connectivity index (χ2n) is 4.37. The van der Waals surface area contributed by atoms with E-state index in [1.54, 1.807) is 17.2 Å². The summed E-state index contributed by atoms with van der Waals surface area (Å²) in [4.78, 5) is 18.1. The largest absolute Gasteiger partial charge is 0.395 e. The maximum Gasteiger partial charge on any atom is 0.257 e. The highest BCUT2D eigenvalue weighted by atomic mass is 16.3. The first-order chi connectivity index (χ1) is 8.77. The SMILES string of the molecule is NNc1ccncc1C(=O)N(CCO)C1CCC1. The molecule has 0 aliphatic heterocycles. The Morgan fingerprint density at radius 1 is 1.61 bits per heavy atom. The maximum atomic E-state index is 12.4. The number of nitrogens with two attached hydrogens (primary N) is 1. The Labute approximate surface area is 106 Å². The van der Waals surface area contributed by atoms with Crippen LogP contribution in [0.3, 0.4) is 0 Å². The van der Waals surface area contributed by atoms with Crippen LogP contribution in [0, 0.1) is 0 Å². The molecule has 0 unspecified atom stereocenters. The molecular weight excluding hydrogens is 232 g/mol. The van der Waals surface area contributed by atoms with Crippen molar-refractivity contribution in [3.63, 3.8) is 0 Å². The number of hydrogen-bond donors (Lipinski definition) is 3. The number of pyridine rings is 1. The Bertz CT molecular complexity index is 420. The van der Waals surface area contributed by atoms with Gasteiger partial charge in [-0.1, -0.05) is 0 Å². The minimum atomic E-state index is -0.130. The quantitative estimate of drug-likeness (QED) is 0.518. The molecule has 1 aliphatic carbocycles. The molecule has 2 rings (SSSR count). The van der Waals surface area contributed by atoms with E-state index in [1.165, 1.54) is 6.20 Å². The number of amides is 1. The highest BCUT2D eigenvalue weighted by molar-refractivity contribution is 5.99. The van der Waals surface area contributed by atoms with Crippen LogP contribution in [0.2, 0.25) is 0 Å². The van der Waals surface area contributed by atoms with Gasteiger partial charge in [0.2, 0.25) is 0 Å². The van der Waals surface area contributed by atoms with Gasteiger partial charge in [-0.3, -0.25) is 15.6 Å². The van der Waals surface area contributed by atoms with Crippen molar-refractivity contribution in [2.24, 2.45) is 5.84 Å². The van der Waals surface area contributed by atoms with Gasteiger partial charge in [0, 0.05) is 25.0 Å². The average molecular weight is 250 g/mol. The molecule has 98 valence electrons. The molecule has 6 nitrogen and oxygen atoms in total. The first-order valence-electron chi connectivity index (χ1n) is 6.10. The lowest BCUT2D eigenvalue weighted by molar-refractivity contribution is 0.0526. The average Bonchev–Trinajstić information content (AvgIpc) is 2.35. The highest BCUT2D eigenvalue weighted by Crippen LogP contribution is 2.27. The number of aromatic nitrogens is 1. The van der Waals surface area contributed by atoms with Crippen LogP contribution >= 0.6 is 0 Å². The van der Waals surface area contributed by atoms with Gasteiger partial charge in [-0.15, -0.1) is 0 Å². The van der Waals surface area contributed by atoms with Crippen molar-refractivity contribution in [2.45, 2.75) is 25.3 Å². The summed E-state index contributed by atoms with van der Waals surface area (Å²) < 4.78 is 0. The minimum Gasteiger partial charge on any atom is -0.395 e. The number of carbonyl (C=O) groups is 1. The topological polar surface area (TPSA) is 91.5 Å². The summed E-state index contributed by atoms with van der Waals surface area (Å²) in [5, 5.41) is 9.08. The molecule has 1 fully saturated rings. The van der Waals surface area contributed by atoms with Gasteiger partial charge in [-0.05, 0) is 25.3 Å². The van der Waals surface area contributed by atoms with Crippen molar-refractivity contribution in [3.8, 4) is 0 Å². The second-order valence-corrected chi connectivity index (χ2v) is 4.37. The molecule has 1 heterocycles. The third-order valence-corrected chi connectivity index (χ3v) is 3.32. The van der Waals surface area contributed by atoms with Crippen LogP contribution in [0.4, 0.5) is 5.69 Å². The van der Waals surface area contributed by atoms with Crippen molar-refractivity contribution in [1.82, 2.24) is 9.88 Å². The molecule has 1 aliphatic rings. The number of rotatable bonds is 5. The zero-order chi connectivity index (χ0) is 13.0. The van der Waals surface area contributed by atoms with Crippen molar-refractivity contribution >= 4 is 11.6 Å². The van der Waals surface area contributed by atoms with E-state index in [-0.39, 0.29) is 18.6 Å². The van der Waals surface area contributed by atoms with E-state index in [1.807, 2.05) is 0 Å². The van der Waals surface area contributed by atoms with Crippen molar-refractivity contribution in [2.75, 3.05) is 18.6 Å². The molecule has 1 amide bonds. The highest BCUT2D eigenvalue weighted by Gasteiger charge is 2.30. The van der Waals surface area contributed by atoms with Crippen LogP contribution in [0.5, 0.6) is 0 Å².